The number of benzene rings is 7. The normalized spacial score (nSPS) is 11.4. The number of hydrogen-bond donors (Lipinski definition) is 0. The molecule has 0 atom stereocenters. The van der Waals surface area contributed by atoms with Gasteiger partial charge in [0.2, 0.25) is 0 Å². The van der Waals surface area contributed by atoms with Gasteiger partial charge in [0.15, 0.2) is 0 Å². The molecule has 220 valence electrons. The van der Waals surface area contributed by atoms with Crippen molar-refractivity contribution in [3.63, 3.8) is 0 Å². The summed E-state index contributed by atoms with van der Waals surface area (Å²) in [6, 6.07) is 53.9. The van der Waals surface area contributed by atoms with Gasteiger partial charge in [0.25, 0.3) is 0 Å². The van der Waals surface area contributed by atoms with Crippen LogP contribution in [0.1, 0.15) is 44.9 Å². The van der Waals surface area contributed by atoms with E-state index in [2.05, 4.69) is 178 Å². The van der Waals surface area contributed by atoms with E-state index in [0.717, 1.165) is 6.42 Å². The van der Waals surface area contributed by atoms with Gasteiger partial charge in [0, 0.05) is 28.1 Å². The minimum atomic E-state index is 0.229. The van der Waals surface area contributed by atoms with Crippen LogP contribution in [0.4, 0.5) is 17.1 Å². The first-order chi connectivity index (χ1) is 22.0. The van der Waals surface area contributed by atoms with Crippen molar-refractivity contribution in [3.8, 4) is 0 Å². The molecule has 0 spiro atoms. The molecule has 1 heteroatoms. The molecule has 0 bridgehead atoms. The topological polar surface area (TPSA) is 3.24 Å². The quantitative estimate of drug-likeness (QED) is 0.169. The first kappa shape index (κ1) is 28.6. The predicted octanol–water partition coefficient (Wildman–Crippen LogP) is 12.1. The molecule has 0 amide bonds. The molecule has 0 N–H and O–H groups in total. The van der Waals surface area contributed by atoms with Gasteiger partial charge in [-0.2, -0.15) is 0 Å². The molecule has 0 heterocycles. The lowest BCUT2D eigenvalue weighted by atomic mass is 9.81. The molecule has 0 aliphatic rings. The Morgan fingerprint density at radius 3 is 1.24 bits per heavy atom. The van der Waals surface area contributed by atoms with Crippen molar-refractivity contribution in [3.05, 3.63) is 185 Å². The van der Waals surface area contributed by atoms with E-state index in [0.29, 0.717) is 0 Å². The fourth-order valence-electron chi connectivity index (χ4n) is 7.00. The summed E-state index contributed by atoms with van der Waals surface area (Å²) in [6.45, 7) is 8.74. The molecule has 0 aromatic heterocycles. The second-order valence-corrected chi connectivity index (χ2v) is 12.5. The van der Waals surface area contributed by atoms with Crippen molar-refractivity contribution in [1.29, 1.82) is 0 Å². The minimum Gasteiger partial charge on any atom is -0.309 e. The summed E-state index contributed by atoms with van der Waals surface area (Å²) >= 11 is 0. The minimum absolute atomic E-state index is 0.229. The van der Waals surface area contributed by atoms with Crippen LogP contribution >= 0.6 is 0 Å². The number of fused-ring (bicyclic) bond motifs is 2. The Hall–Kier alpha value is -5.14. The van der Waals surface area contributed by atoms with E-state index in [9.17, 15) is 0 Å². The smallest absolute Gasteiger partial charge is 0.0618 e. The number of nitrogens with zero attached hydrogens (tertiary/aromatic N) is 1. The van der Waals surface area contributed by atoms with Crippen molar-refractivity contribution in [2.24, 2.45) is 0 Å². The number of anilines is 3. The lowest BCUT2D eigenvalue weighted by Crippen LogP contribution is -2.13. The van der Waals surface area contributed by atoms with Gasteiger partial charge in [-0.25, -0.2) is 0 Å². The van der Waals surface area contributed by atoms with Crippen molar-refractivity contribution < 1.29 is 0 Å². The van der Waals surface area contributed by atoms with E-state index in [1.54, 1.807) is 0 Å². The highest BCUT2D eigenvalue weighted by Gasteiger charge is 2.24. The predicted molar refractivity (Wildman–Crippen MR) is 194 cm³/mol. The number of hydrogen-bond acceptors (Lipinski definition) is 1. The van der Waals surface area contributed by atoms with Gasteiger partial charge < -0.3 is 4.90 Å². The molecule has 7 aromatic rings. The van der Waals surface area contributed by atoms with Crippen LogP contribution in [0, 0.1) is 27.7 Å². The van der Waals surface area contributed by atoms with Gasteiger partial charge in [-0.3, -0.25) is 0 Å². The second kappa shape index (κ2) is 12.1. The van der Waals surface area contributed by atoms with E-state index < -0.39 is 0 Å². The van der Waals surface area contributed by atoms with Crippen LogP contribution in [-0.4, -0.2) is 0 Å². The molecular formula is C44H39N. The summed E-state index contributed by atoms with van der Waals surface area (Å²) in [7, 11) is 0. The van der Waals surface area contributed by atoms with Gasteiger partial charge in [-0.15, -0.1) is 0 Å². The van der Waals surface area contributed by atoms with Gasteiger partial charge in [0.05, 0.1) is 5.69 Å². The van der Waals surface area contributed by atoms with Crippen molar-refractivity contribution >= 4 is 38.6 Å². The summed E-state index contributed by atoms with van der Waals surface area (Å²) in [4.78, 5) is 2.47. The number of rotatable bonds is 7. The largest absolute Gasteiger partial charge is 0.309 e. The van der Waals surface area contributed by atoms with Crippen LogP contribution in [0.25, 0.3) is 21.5 Å². The average Bonchev–Trinajstić information content (AvgIpc) is 3.04. The van der Waals surface area contributed by atoms with Gasteiger partial charge in [-0.1, -0.05) is 132 Å². The van der Waals surface area contributed by atoms with Crippen LogP contribution in [0.3, 0.4) is 0 Å². The van der Waals surface area contributed by atoms with Crippen LogP contribution in [0.5, 0.6) is 0 Å². The van der Waals surface area contributed by atoms with E-state index >= 15 is 0 Å². The van der Waals surface area contributed by atoms with E-state index in [1.807, 2.05) is 0 Å². The Balaban J connectivity index is 1.52. The summed E-state index contributed by atoms with van der Waals surface area (Å²) in [5, 5.41) is 5.14. The fourth-order valence-corrected chi connectivity index (χ4v) is 7.00. The Morgan fingerprint density at radius 2 is 0.822 bits per heavy atom. The Morgan fingerprint density at radius 1 is 0.422 bits per heavy atom. The lowest BCUT2D eigenvalue weighted by molar-refractivity contribution is 0.812. The summed E-state index contributed by atoms with van der Waals surface area (Å²) in [6.07, 6.45) is 0.906. The van der Waals surface area contributed by atoms with Crippen LogP contribution in [-0.2, 0) is 6.42 Å². The zero-order chi connectivity index (χ0) is 30.9. The first-order valence-corrected chi connectivity index (χ1v) is 16.0. The molecule has 1 nitrogen and oxygen atoms in total. The molecule has 0 aliphatic carbocycles. The molecule has 7 rings (SSSR count). The molecule has 0 fully saturated rings. The summed E-state index contributed by atoms with van der Waals surface area (Å²) < 4.78 is 0. The van der Waals surface area contributed by atoms with Crippen molar-refractivity contribution in [2.45, 2.75) is 40.0 Å². The maximum atomic E-state index is 2.47. The molecule has 0 saturated carbocycles. The Bertz CT molecular complexity index is 2010. The molecular weight excluding hydrogens is 542 g/mol. The molecule has 0 unspecified atom stereocenters. The van der Waals surface area contributed by atoms with Crippen LogP contribution in [0.2, 0.25) is 0 Å². The van der Waals surface area contributed by atoms with Crippen LogP contribution in [0.15, 0.2) is 146 Å². The highest BCUT2D eigenvalue weighted by molar-refractivity contribution is 6.16. The fraction of sp³-hybridized carbons (Fsp3) is 0.136. The van der Waals surface area contributed by atoms with Gasteiger partial charge >= 0.3 is 0 Å². The molecule has 0 aliphatic heterocycles. The molecule has 45 heavy (non-hydrogen) atoms. The average molecular weight is 582 g/mol. The highest BCUT2D eigenvalue weighted by atomic mass is 15.1. The third-order valence-electron chi connectivity index (χ3n) is 9.06. The Kier molecular flexibility index (Phi) is 7.69. The standard InChI is InChI=1S/C44H39N/c1-30-13-9-17-34(25-30)42(35-18-10-14-31(2)26-35)29-43-38-21-5-7-23-40(38)44(41-24-8-6-22-39(41)43)45(36-19-11-15-32(3)27-36)37-20-12-16-33(4)28-37/h5-28,42H,29H2,1-4H3. The molecule has 7 aromatic carbocycles. The monoisotopic (exact) mass is 581 g/mol. The highest BCUT2D eigenvalue weighted by Crippen LogP contribution is 2.47. The van der Waals surface area contributed by atoms with E-state index in [1.165, 1.54) is 77.6 Å². The number of aryl methyl sites for hydroxylation is 4. The van der Waals surface area contributed by atoms with E-state index in [4.69, 9.17) is 0 Å². The van der Waals surface area contributed by atoms with Crippen molar-refractivity contribution in [1.82, 2.24) is 0 Å². The van der Waals surface area contributed by atoms with Crippen LogP contribution < -0.4 is 4.90 Å². The van der Waals surface area contributed by atoms with Gasteiger partial charge in [0.1, 0.15) is 0 Å². The first-order valence-electron chi connectivity index (χ1n) is 16.0. The lowest BCUT2D eigenvalue weighted by Gasteiger charge is -2.30. The van der Waals surface area contributed by atoms with E-state index in [-0.39, 0.29) is 5.92 Å². The summed E-state index contributed by atoms with van der Waals surface area (Å²) in [5.41, 5.74) is 12.8. The SMILES string of the molecule is Cc1cccc(C(Cc2c3ccccc3c(N(c3cccc(C)c3)c3cccc(C)c3)c3ccccc23)c2cccc(C)c2)c1. The Labute approximate surface area is 267 Å². The van der Waals surface area contributed by atoms with Gasteiger partial charge in [-0.05, 0) is 97.0 Å². The summed E-state index contributed by atoms with van der Waals surface area (Å²) in [5.74, 6) is 0.229. The van der Waals surface area contributed by atoms with Crippen molar-refractivity contribution in [2.75, 3.05) is 4.90 Å². The maximum Gasteiger partial charge on any atom is 0.0618 e. The maximum absolute atomic E-state index is 2.47. The third kappa shape index (κ3) is 5.63. The molecule has 0 saturated heterocycles. The molecule has 0 radical (unpaired) electrons. The second-order valence-electron chi connectivity index (χ2n) is 12.5. The third-order valence-corrected chi connectivity index (χ3v) is 9.06. The zero-order valence-corrected chi connectivity index (χ0v) is 26.6. The zero-order valence-electron chi connectivity index (χ0n) is 26.6.